The van der Waals surface area contributed by atoms with Crippen LogP contribution >= 0.6 is 7.60 Å². The van der Waals surface area contributed by atoms with Crippen molar-refractivity contribution in [1.29, 1.82) is 21.0 Å². The minimum Gasteiger partial charge on any atom is -0.493 e. The number of nitriles is 4. The van der Waals surface area contributed by atoms with E-state index in [9.17, 15) is 41.4 Å². The Kier molecular flexibility index (Phi) is 26.3. The molecule has 1 amide bonds. The highest BCUT2D eigenvalue weighted by atomic mass is 32.2. The molecule has 0 bridgehead atoms. The standard InChI is InChI=1S/C28H22N4O4.C27H19F2N5O3.C26H20N4O4S.C25H19N4O4P/c1-28(27(33)34,19-7-5-4-6-8-19)36-24-13-20-21(14-23(24)35-3)30-16-22-25(20)26(31-32(22)2)18-11-9-17(15-29)10-12-18;1-34-21-13-32-20-11-22(36-2)23(37-26(27(31)35)15-4-6-16(28)7-5-15)10-18(20)24(21)25(33-34)17-8-3-14(12-30)9-19(17)29;1-16-4-10-19(11-5-16)35(31,32)34-24-12-20-21(13-23(24)33-3)28-15-22-25(20)26(29-30(22)2)18-8-6-17(14-27)7-9-18;1-29-21-15-27-20-13-22(32-2)23(33-34(30,31)18-6-4-3-5-7-18)12-19(20)24(21)25(28-29)17-10-8-16(14-26)9-11-17/h4-14,16H,1-3H3,(H,33,34);3-11,13,26H,1-2H3,(H2,31,35);4-13,15H,1-3H3;3-13,15H,1-2H3,(H,30,31). The number of fused-ring (bicyclic) bond motifs is 12. The predicted octanol–water partition coefficient (Wildman–Crippen LogP) is 18.9. The molecule has 142 heavy (non-hydrogen) atoms. The number of carboxylic acid groups (broad SMARTS) is 1. The number of hydrogen-bond acceptors (Lipinski definition) is 25. The molecule has 12 aromatic carbocycles. The zero-order valence-corrected chi connectivity index (χ0v) is 78.8. The Labute approximate surface area is 808 Å². The molecule has 0 saturated heterocycles. The Balaban J connectivity index is 0.000000130. The molecule has 3 unspecified atom stereocenters. The van der Waals surface area contributed by atoms with Gasteiger partial charge < -0.3 is 52.9 Å². The lowest BCUT2D eigenvalue weighted by atomic mass is 9.95. The number of aryl methyl sites for hydroxylation is 5. The Morgan fingerprint density at radius 3 is 1.22 bits per heavy atom. The van der Waals surface area contributed by atoms with E-state index in [2.05, 4.69) is 53.4 Å². The minimum atomic E-state index is -4.17. The molecule has 0 aliphatic heterocycles. The van der Waals surface area contributed by atoms with Gasteiger partial charge >= 0.3 is 23.7 Å². The van der Waals surface area contributed by atoms with Crippen molar-refractivity contribution in [3.63, 3.8) is 0 Å². The number of methoxy groups -OCH3 is 4. The number of nitrogens with zero attached hydrogens (tertiary/aromatic N) is 16. The smallest absolute Gasteiger partial charge is 0.408 e. The molecule has 8 heterocycles. The van der Waals surface area contributed by atoms with Crippen molar-refractivity contribution in [3.05, 3.63) is 324 Å². The second-order valence-corrected chi connectivity index (χ2v) is 35.8. The molecule has 3 atom stereocenters. The fraction of sp³-hybridized carbons (Fsp3) is 0.113. The first-order valence-electron chi connectivity index (χ1n) is 43.2. The molecular formula is C106H80F2N17O15PS. The van der Waals surface area contributed by atoms with Crippen LogP contribution < -0.4 is 48.2 Å². The third-order valence-electron chi connectivity index (χ3n) is 23.6. The lowest BCUT2D eigenvalue weighted by Crippen LogP contribution is -2.38. The number of nitrogens with two attached hydrogens (primary N) is 1. The topological polar surface area (TPSA) is 444 Å². The van der Waals surface area contributed by atoms with Gasteiger partial charge in [0.25, 0.3) is 5.91 Å². The van der Waals surface area contributed by atoms with Gasteiger partial charge in [-0.3, -0.25) is 43.5 Å². The van der Waals surface area contributed by atoms with Gasteiger partial charge in [0.2, 0.25) is 11.7 Å². The third-order valence-corrected chi connectivity index (χ3v) is 26.3. The van der Waals surface area contributed by atoms with Gasteiger partial charge in [-0.05, 0) is 129 Å². The molecule has 0 aliphatic rings. The molecule has 32 nitrogen and oxygen atoms in total. The van der Waals surface area contributed by atoms with E-state index in [4.69, 9.17) is 69.0 Å². The summed E-state index contributed by atoms with van der Waals surface area (Å²) in [6.07, 6.45) is 5.55. The molecule has 0 radical (unpaired) electrons. The van der Waals surface area contributed by atoms with Crippen molar-refractivity contribution < 1.29 is 78.5 Å². The molecule has 704 valence electrons. The second kappa shape index (κ2) is 39.3. The Morgan fingerprint density at radius 1 is 0.451 bits per heavy atom. The van der Waals surface area contributed by atoms with E-state index in [1.54, 1.807) is 190 Å². The van der Waals surface area contributed by atoms with E-state index >= 15 is 0 Å². The number of halogens is 2. The van der Waals surface area contributed by atoms with Gasteiger partial charge in [-0.1, -0.05) is 115 Å². The average molecular weight is 1930 g/mol. The number of carbonyl (C=O) groups is 2. The maximum absolute atomic E-state index is 15.0. The van der Waals surface area contributed by atoms with Crippen LogP contribution in [0.3, 0.4) is 0 Å². The van der Waals surface area contributed by atoms with Crippen LogP contribution in [-0.2, 0) is 58.1 Å². The van der Waals surface area contributed by atoms with Crippen molar-refractivity contribution in [2.75, 3.05) is 28.4 Å². The number of carbonyl (C=O) groups excluding carboxylic acids is 1. The molecule has 36 heteroatoms. The monoisotopic (exact) mass is 1930 g/mol. The summed E-state index contributed by atoms with van der Waals surface area (Å²) < 4.78 is 120. The first-order valence-corrected chi connectivity index (χ1v) is 46.2. The summed E-state index contributed by atoms with van der Waals surface area (Å²) in [5.74, 6) is -1.21. The Morgan fingerprint density at radius 2 is 0.817 bits per heavy atom. The molecule has 0 fully saturated rings. The fourth-order valence-electron chi connectivity index (χ4n) is 16.3. The number of ether oxygens (including phenoxy) is 6. The van der Waals surface area contributed by atoms with Gasteiger partial charge in [0.15, 0.2) is 46.0 Å². The zero-order chi connectivity index (χ0) is 100. The highest BCUT2D eigenvalue weighted by molar-refractivity contribution is 7.87. The van der Waals surface area contributed by atoms with E-state index in [-0.39, 0.29) is 61.6 Å². The van der Waals surface area contributed by atoms with E-state index in [1.807, 2.05) is 76.6 Å². The number of primary amides is 1. The largest absolute Gasteiger partial charge is 0.493 e. The zero-order valence-electron chi connectivity index (χ0n) is 77.1. The van der Waals surface area contributed by atoms with Gasteiger partial charge in [-0.25, -0.2) is 18.1 Å². The molecule has 0 saturated carbocycles. The van der Waals surface area contributed by atoms with Crippen LogP contribution in [-0.4, -0.2) is 118 Å². The number of carboxylic acids is 1. The number of benzene rings is 12. The fourth-order valence-corrected chi connectivity index (χ4v) is 18.3. The van der Waals surface area contributed by atoms with E-state index in [1.165, 1.54) is 96.0 Å². The summed E-state index contributed by atoms with van der Waals surface area (Å²) >= 11 is 0. The maximum atomic E-state index is 15.0. The number of hydrogen-bond donors (Lipinski definition) is 3. The number of amides is 1. The average Bonchev–Trinajstić information content (AvgIpc) is 1.59. The van der Waals surface area contributed by atoms with Gasteiger partial charge in [0.1, 0.15) is 39.3 Å². The van der Waals surface area contributed by atoms with Crippen molar-refractivity contribution in [2.24, 2.45) is 33.9 Å². The number of rotatable bonds is 22. The van der Waals surface area contributed by atoms with Crippen molar-refractivity contribution >= 4 is 122 Å². The van der Waals surface area contributed by atoms with Crippen molar-refractivity contribution in [3.8, 4) is 115 Å². The van der Waals surface area contributed by atoms with Crippen LogP contribution in [0.25, 0.3) is 132 Å². The second-order valence-electron chi connectivity index (χ2n) is 32.5. The first-order chi connectivity index (χ1) is 68.4. The van der Waals surface area contributed by atoms with Gasteiger partial charge in [0, 0.05) is 129 Å². The number of aromatic nitrogens is 12. The summed E-state index contributed by atoms with van der Waals surface area (Å²) in [5, 5.41) is 71.0. The van der Waals surface area contributed by atoms with Crippen LogP contribution in [0.2, 0.25) is 0 Å². The molecule has 20 aromatic rings. The van der Waals surface area contributed by atoms with Crippen molar-refractivity contribution in [2.45, 2.75) is 30.4 Å². The van der Waals surface area contributed by atoms with Crippen LogP contribution in [0.1, 0.15) is 52.0 Å². The molecular weight excluding hydrogens is 1850 g/mol. The first kappa shape index (κ1) is 95.2. The number of aliphatic carboxylic acids is 1. The molecule has 8 aromatic heterocycles. The molecule has 20 rings (SSSR count). The maximum Gasteiger partial charge on any atom is 0.408 e. The van der Waals surface area contributed by atoms with Crippen LogP contribution in [0.4, 0.5) is 8.78 Å². The normalized spacial score (nSPS) is 12.2. The van der Waals surface area contributed by atoms with Gasteiger partial charge in [-0.2, -0.15) is 49.9 Å². The van der Waals surface area contributed by atoms with Gasteiger partial charge in [0.05, 0.1) is 149 Å². The summed E-state index contributed by atoms with van der Waals surface area (Å²) in [7, 11) is 4.74. The van der Waals surface area contributed by atoms with Gasteiger partial charge in [-0.15, -0.1) is 0 Å². The molecule has 4 N–H and O–H groups in total. The SMILES string of the molecule is COc1cc2ncc3c(c(-c4ccc(C#N)cc4)nn3C)c2cc1OC(C)(C(=O)O)c1ccccc1.COc1cc2ncc3c(c(-c4ccc(C#N)cc4)nn3C)c2cc1OP(=O)(O)c1ccccc1.COc1cc2ncc3c(c(-c4ccc(C#N)cc4)nn3C)c2cc1OS(=O)(=O)c1ccc(C)cc1.COc1cc2ncc3c(c(-c4ccc(C#N)cc4F)nn3C)c2cc1OC(C(N)=O)c1ccc(F)cc1. The van der Waals surface area contributed by atoms with E-state index in [0.29, 0.717) is 105 Å². The van der Waals surface area contributed by atoms with Crippen molar-refractivity contribution in [1.82, 2.24) is 59.1 Å². The summed E-state index contributed by atoms with van der Waals surface area (Å²) in [5.41, 5.74) is 18.0. The Hall–Kier alpha value is -18.5. The summed E-state index contributed by atoms with van der Waals surface area (Å²) in [4.78, 5) is 53.5. The lowest BCUT2D eigenvalue weighted by Gasteiger charge is -2.27. The highest BCUT2D eigenvalue weighted by Gasteiger charge is 2.40. The summed E-state index contributed by atoms with van der Waals surface area (Å²) in [6.45, 7) is 3.39. The Bertz CT molecular complexity index is 8780. The minimum absolute atomic E-state index is 0.0428. The quantitative estimate of drug-likeness (QED) is 0.0419. The number of pyridine rings is 4. The van der Waals surface area contributed by atoms with Crippen LogP contribution in [0.15, 0.2) is 278 Å². The van der Waals surface area contributed by atoms with E-state index in [0.717, 1.165) is 66.4 Å². The highest BCUT2D eigenvalue weighted by Crippen LogP contribution is 2.50. The van der Waals surface area contributed by atoms with Crippen LogP contribution in [0, 0.1) is 63.9 Å². The van der Waals surface area contributed by atoms with E-state index < -0.39 is 52.9 Å². The predicted molar refractivity (Wildman–Crippen MR) is 527 cm³/mol. The third kappa shape index (κ3) is 18.6. The molecule has 0 spiro atoms. The lowest BCUT2D eigenvalue weighted by molar-refractivity contribution is -0.154. The summed E-state index contributed by atoms with van der Waals surface area (Å²) in [6, 6.07) is 75.8. The molecule has 0 aliphatic carbocycles. The van der Waals surface area contributed by atoms with Crippen LogP contribution in [0.5, 0.6) is 46.0 Å².